The Morgan fingerprint density at radius 1 is 0.920 bits per heavy atom. The number of carbonyl (C=O) groups excluding carboxylic acids is 1. The molecule has 1 amide bonds. The van der Waals surface area contributed by atoms with Crippen molar-refractivity contribution in [3.8, 4) is 0 Å². The Labute approximate surface area is 152 Å². The van der Waals surface area contributed by atoms with E-state index < -0.39 is 0 Å². The topological polar surface area (TPSA) is 29.1 Å². The molecule has 0 aliphatic carbocycles. The SMILES string of the molecule is CCCC[C@@H](CC)CNC(=O)CC(c1ccccc1)c1ccccc1. The summed E-state index contributed by atoms with van der Waals surface area (Å²) in [5.41, 5.74) is 2.39. The Hall–Kier alpha value is -2.09. The minimum absolute atomic E-state index is 0.109. The van der Waals surface area contributed by atoms with Crippen LogP contribution < -0.4 is 5.32 Å². The monoisotopic (exact) mass is 337 g/mol. The van der Waals surface area contributed by atoms with Gasteiger partial charge in [-0.1, -0.05) is 93.8 Å². The average Bonchev–Trinajstić information content (AvgIpc) is 2.67. The molecule has 2 aromatic carbocycles. The molecule has 1 atom stereocenters. The molecule has 2 nitrogen and oxygen atoms in total. The van der Waals surface area contributed by atoms with E-state index in [0.717, 1.165) is 13.0 Å². The zero-order valence-electron chi connectivity index (χ0n) is 15.6. The summed E-state index contributed by atoms with van der Waals surface area (Å²) in [5, 5.41) is 3.17. The van der Waals surface area contributed by atoms with Crippen LogP contribution in [-0.4, -0.2) is 12.5 Å². The van der Waals surface area contributed by atoms with Crippen LogP contribution in [0.4, 0.5) is 0 Å². The Morgan fingerprint density at radius 3 is 1.96 bits per heavy atom. The van der Waals surface area contributed by atoms with Crippen molar-refractivity contribution in [2.75, 3.05) is 6.54 Å². The van der Waals surface area contributed by atoms with E-state index in [1.807, 2.05) is 36.4 Å². The first-order chi connectivity index (χ1) is 12.2. The second-order valence-corrected chi connectivity index (χ2v) is 6.80. The highest BCUT2D eigenvalue weighted by Gasteiger charge is 2.18. The normalized spacial score (nSPS) is 12.1. The second kappa shape index (κ2) is 10.7. The van der Waals surface area contributed by atoms with Crippen molar-refractivity contribution in [1.29, 1.82) is 0 Å². The van der Waals surface area contributed by atoms with E-state index in [-0.39, 0.29) is 11.8 Å². The summed E-state index contributed by atoms with van der Waals surface area (Å²) in [6, 6.07) is 20.7. The van der Waals surface area contributed by atoms with E-state index >= 15 is 0 Å². The molecule has 2 aromatic rings. The van der Waals surface area contributed by atoms with Gasteiger partial charge in [-0.3, -0.25) is 4.79 Å². The quantitative estimate of drug-likeness (QED) is 0.606. The minimum atomic E-state index is 0.109. The molecule has 25 heavy (non-hydrogen) atoms. The fourth-order valence-corrected chi connectivity index (χ4v) is 3.26. The summed E-state index contributed by atoms with van der Waals surface area (Å²) >= 11 is 0. The molecule has 134 valence electrons. The van der Waals surface area contributed by atoms with Gasteiger partial charge in [0.15, 0.2) is 0 Å². The lowest BCUT2D eigenvalue weighted by Crippen LogP contribution is -2.30. The zero-order chi connectivity index (χ0) is 17.9. The maximum absolute atomic E-state index is 12.6. The maximum atomic E-state index is 12.6. The van der Waals surface area contributed by atoms with Crippen molar-refractivity contribution >= 4 is 5.91 Å². The second-order valence-electron chi connectivity index (χ2n) is 6.80. The highest BCUT2D eigenvalue weighted by Crippen LogP contribution is 2.27. The molecule has 0 radical (unpaired) electrons. The minimum Gasteiger partial charge on any atom is -0.356 e. The molecule has 0 bridgehead atoms. The number of nitrogens with one attached hydrogen (secondary N) is 1. The van der Waals surface area contributed by atoms with Crippen molar-refractivity contribution in [3.05, 3.63) is 71.8 Å². The first kappa shape index (κ1) is 19.2. The molecule has 2 rings (SSSR count). The van der Waals surface area contributed by atoms with Gasteiger partial charge in [-0.15, -0.1) is 0 Å². The molecule has 0 aliphatic rings. The lowest BCUT2D eigenvalue weighted by Gasteiger charge is -2.20. The molecule has 0 aromatic heterocycles. The van der Waals surface area contributed by atoms with Gasteiger partial charge in [0, 0.05) is 18.9 Å². The van der Waals surface area contributed by atoms with Gasteiger partial charge in [0.25, 0.3) is 0 Å². The van der Waals surface area contributed by atoms with Crippen LogP contribution in [0.15, 0.2) is 60.7 Å². The van der Waals surface area contributed by atoms with Crippen molar-refractivity contribution in [2.24, 2.45) is 5.92 Å². The van der Waals surface area contributed by atoms with E-state index in [2.05, 4.69) is 43.4 Å². The smallest absolute Gasteiger partial charge is 0.220 e. The molecule has 0 saturated carbocycles. The Balaban J connectivity index is 2.01. The maximum Gasteiger partial charge on any atom is 0.220 e. The van der Waals surface area contributed by atoms with Crippen LogP contribution in [0.1, 0.15) is 63.0 Å². The first-order valence-electron chi connectivity index (χ1n) is 9.61. The summed E-state index contributed by atoms with van der Waals surface area (Å²) in [4.78, 5) is 12.6. The van der Waals surface area contributed by atoms with E-state index in [1.165, 1.54) is 30.4 Å². The number of hydrogen-bond donors (Lipinski definition) is 1. The molecule has 0 fully saturated rings. The third-order valence-electron chi connectivity index (χ3n) is 4.92. The molecule has 0 saturated heterocycles. The zero-order valence-corrected chi connectivity index (χ0v) is 15.6. The predicted octanol–water partition coefficient (Wildman–Crippen LogP) is 5.54. The summed E-state index contributed by atoms with van der Waals surface area (Å²) in [5.74, 6) is 0.849. The fraction of sp³-hybridized carbons (Fsp3) is 0.435. The molecule has 0 aliphatic heterocycles. The van der Waals surface area contributed by atoms with Crippen LogP contribution in [0.5, 0.6) is 0 Å². The van der Waals surface area contributed by atoms with Crippen LogP contribution >= 0.6 is 0 Å². The van der Waals surface area contributed by atoms with Crippen LogP contribution in [-0.2, 0) is 4.79 Å². The summed E-state index contributed by atoms with van der Waals surface area (Å²) in [6.45, 7) is 5.23. The van der Waals surface area contributed by atoms with E-state index in [1.54, 1.807) is 0 Å². The van der Waals surface area contributed by atoms with Crippen molar-refractivity contribution in [3.63, 3.8) is 0 Å². The molecular formula is C23H31NO. The molecule has 0 unspecified atom stereocenters. The Bertz CT molecular complexity index is 569. The van der Waals surface area contributed by atoms with Crippen LogP contribution in [0.2, 0.25) is 0 Å². The number of amides is 1. The molecule has 2 heteroatoms. The Morgan fingerprint density at radius 2 is 1.48 bits per heavy atom. The third-order valence-corrected chi connectivity index (χ3v) is 4.92. The van der Waals surface area contributed by atoms with Crippen LogP contribution in [0.25, 0.3) is 0 Å². The third kappa shape index (κ3) is 6.38. The molecule has 0 heterocycles. The predicted molar refractivity (Wildman–Crippen MR) is 106 cm³/mol. The standard InChI is InChI=1S/C23H31NO/c1-3-5-12-19(4-2)18-24-23(25)17-22(20-13-8-6-9-14-20)21-15-10-7-11-16-21/h6-11,13-16,19,22H,3-5,12,17-18H2,1-2H3,(H,24,25)/t19-/m1/s1. The van der Waals surface area contributed by atoms with Crippen molar-refractivity contribution < 1.29 is 4.79 Å². The lowest BCUT2D eigenvalue weighted by atomic mass is 9.88. The van der Waals surface area contributed by atoms with Gasteiger partial charge in [0.2, 0.25) is 5.91 Å². The molecule has 1 N–H and O–H groups in total. The number of benzene rings is 2. The molecule has 0 spiro atoms. The lowest BCUT2D eigenvalue weighted by molar-refractivity contribution is -0.121. The molecular weight excluding hydrogens is 306 g/mol. The van der Waals surface area contributed by atoms with Gasteiger partial charge in [0.1, 0.15) is 0 Å². The summed E-state index contributed by atoms with van der Waals surface area (Å²) in [7, 11) is 0. The van der Waals surface area contributed by atoms with Gasteiger partial charge in [-0.2, -0.15) is 0 Å². The van der Waals surface area contributed by atoms with Crippen molar-refractivity contribution in [1.82, 2.24) is 5.32 Å². The number of hydrogen-bond acceptors (Lipinski definition) is 1. The van der Waals surface area contributed by atoms with E-state index in [9.17, 15) is 4.79 Å². The number of rotatable bonds is 10. The van der Waals surface area contributed by atoms with E-state index in [0.29, 0.717) is 12.3 Å². The Kier molecular flexibility index (Phi) is 8.24. The fourth-order valence-electron chi connectivity index (χ4n) is 3.26. The highest BCUT2D eigenvalue weighted by atomic mass is 16.1. The average molecular weight is 338 g/mol. The van der Waals surface area contributed by atoms with Gasteiger partial charge < -0.3 is 5.32 Å². The van der Waals surface area contributed by atoms with Gasteiger partial charge in [0.05, 0.1) is 0 Å². The van der Waals surface area contributed by atoms with Crippen LogP contribution in [0.3, 0.4) is 0 Å². The van der Waals surface area contributed by atoms with Crippen molar-refractivity contribution in [2.45, 2.75) is 51.9 Å². The van der Waals surface area contributed by atoms with Gasteiger partial charge >= 0.3 is 0 Å². The largest absolute Gasteiger partial charge is 0.356 e. The summed E-state index contributed by atoms with van der Waals surface area (Å²) < 4.78 is 0. The van der Waals surface area contributed by atoms with E-state index in [4.69, 9.17) is 0 Å². The number of carbonyl (C=O) groups is 1. The van der Waals surface area contributed by atoms with Gasteiger partial charge in [-0.25, -0.2) is 0 Å². The van der Waals surface area contributed by atoms with Gasteiger partial charge in [-0.05, 0) is 23.5 Å². The van der Waals surface area contributed by atoms with Crippen LogP contribution in [0, 0.1) is 5.92 Å². The number of unbranched alkanes of at least 4 members (excludes halogenated alkanes) is 1. The summed E-state index contributed by atoms with van der Waals surface area (Å²) in [6.07, 6.45) is 5.28. The first-order valence-corrected chi connectivity index (χ1v) is 9.61. The highest BCUT2D eigenvalue weighted by molar-refractivity contribution is 5.77.